The van der Waals surface area contributed by atoms with Crippen molar-refractivity contribution in [3.63, 3.8) is 0 Å². The van der Waals surface area contributed by atoms with Gasteiger partial charge >= 0.3 is 0 Å². The number of allylic oxidation sites excluding steroid dienone is 6. The highest BCUT2D eigenvalue weighted by Crippen LogP contribution is 2.47. The summed E-state index contributed by atoms with van der Waals surface area (Å²) in [5.74, 6) is 2.10. The summed E-state index contributed by atoms with van der Waals surface area (Å²) in [6.45, 7) is 8.17. The molecule has 2 unspecified atom stereocenters. The van der Waals surface area contributed by atoms with Crippen LogP contribution in [0.2, 0.25) is 0 Å². The van der Waals surface area contributed by atoms with Crippen molar-refractivity contribution in [1.82, 2.24) is 24.1 Å². The van der Waals surface area contributed by atoms with E-state index in [2.05, 4.69) is 277 Å². The van der Waals surface area contributed by atoms with Gasteiger partial charge in [0, 0.05) is 61.3 Å². The van der Waals surface area contributed by atoms with E-state index in [4.69, 9.17) is 15.0 Å². The van der Waals surface area contributed by atoms with Gasteiger partial charge in [0.05, 0.1) is 27.8 Å². The highest BCUT2D eigenvalue weighted by molar-refractivity contribution is 6.18. The van der Waals surface area contributed by atoms with Crippen LogP contribution in [-0.2, 0) is 0 Å². The predicted molar refractivity (Wildman–Crippen MR) is 334 cm³/mol. The Kier molecular flexibility index (Phi) is 12.4. The average Bonchev–Trinajstić information content (AvgIpc) is 4.14. The van der Waals surface area contributed by atoms with Crippen LogP contribution in [0.5, 0.6) is 0 Å². The van der Waals surface area contributed by atoms with Crippen LogP contribution < -0.4 is 0 Å². The summed E-state index contributed by atoms with van der Waals surface area (Å²) >= 11 is 0. The maximum absolute atomic E-state index is 5.48. The molecule has 3 heterocycles. The van der Waals surface area contributed by atoms with Crippen LogP contribution in [-0.4, -0.2) is 24.1 Å². The quantitative estimate of drug-likeness (QED) is 0.108. The second-order valence-electron chi connectivity index (χ2n) is 20.7. The summed E-state index contributed by atoms with van der Waals surface area (Å²) in [6.07, 6.45) is 12.4. The van der Waals surface area contributed by atoms with E-state index in [-0.39, 0.29) is 11.8 Å². The minimum Gasteiger partial charge on any atom is -0.309 e. The van der Waals surface area contributed by atoms with Crippen molar-refractivity contribution in [2.45, 2.75) is 18.8 Å². The molecule has 0 fully saturated rings. The highest BCUT2D eigenvalue weighted by Gasteiger charge is 2.26. The number of aromatic nitrogens is 5. The largest absolute Gasteiger partial charge is 0.309 e. The van der Waals surface area contributed by atoms with E-state index in [0.29, 0.717) is 11.6 Å². The Bertz CT molecular complexity index is 4430. The molecule has 380 valence electrons. The van der Waals surface area contributed by atoms with Gasteiger partial charge in [0.1, 0.15) is 5.82 Å². The van der Waals surface area contributed by atoms with Gasteiger partial charge < -0.3 is 9.13 Å². The topological polar surface area (TPSA) is 48.5 Å². The zero-order chi connectivity index (χ0) is 53.5. The Morgan fingerprint density at radius 2 is 0.950 bits per heavy atom. The first-order valence-electron chi connectivity index (χ1n) is 27.5. The zero-order valence-corrected chi connectivity index (χ0v) is 44.2. The van der Waals surface area contributed by atoms with E-state index in [1.54, 1.807) is 0 Å². The third kappa shape index (κ3) is 8.57. The van der Waals surface area contributed by atoms with Gasteiger partial charge in [-0.15, -0.1) is 13.2 Å². The fraction of sp³-hybridized carbons (Fsp3) is 0.0533. The maximum Gasteiger partial charge on any atom is 0.163 e. The SMILES string of the molecule is C=CCC(C=C)C1=CCC(c2nc(-c3ccc(-c4ccccc4)cc3)nc(-c3cc(-c4ccccc4)c(-n4c5ccc(-n6c7ccccc7c7ccccc76)cc5c5c(-c6ccccc6)cccc54)c(-c4ccccc4)c3)n2)C=C1. The van der Waals surface area contributed by atoms with Gasteiger partial charge in [0.2, 0.25) is 0 Å². The molecule has 0 N–H and O–H groups in total. The molecule has 1 aliphatic carbocycles. The maximum atomic E-state index is 5.48. The van der Waals surface area contributed by atoms with Crippen molar-refractivity contribution < 1.29 is 0 Å². The molecule has 2 atom stereocenters. The van der Waals surface area contributed by atoms with Gasteiger partial charge in [0.15, 0.2) is 11.6 Å². The minimum atomic E-state index is -0.0673. The van der Waals surface area contributed by atoms with E-state index >= 15 is 0 Å². The summed E-state index contributed by atoms with van der Waals surface area (Å²) in [7, 11) is 0. The summed E-state index contributed by atoms with van der Waals surface area (Å²) in [5.41, 5.74) is 18.7. The molecule has 5 heteroatoms. The average molecular weight is 1030 g/mol. The van der Waals surface area contributed by atoms with Crippen molar-refractivity contribution >= 4 is 43.6 Å². The lowest BCUT2D eigenvalue weighted by atomic mass is 9.87. The van der Waals surface area contributed by atoms with Gasteiger partial charge in [-0.1, -0.05) is 225 Å². The van der Waals surface area contributed by atoms with E-state index in [1.165, 1.54) is 38.3 Å². The molecule has 0 bridgehead atoms. The fourth-order valence-electron chi connectivity index (χ4n) is 12.1. The normalized spacial score (nSPS) is 13.7. The third-order valence-corrected chi connectivity index (χ3v) is 16.0. The molecule has 14 rings (SSSR count). The number of fused-ring (bicyclic) bond motifs is 6. The Hall–Kier alpha value is -10.2. The summed E-state index contributed by atoms with van der Waals surface area (Å²) < 4.78 is 4.94. The second kappa shape index (κ2) is 20.6. The molecule has 3 aromatic heterocycles. The summed E-state index contributed by atoms with van der Waals surface area (Å²) in [4.78, 5) is 16.2. The first kappa shape index (κ1) is 48.2. The zero-order valence-electron chi connectivity index (χ0n) is 44.2. The molecule has 5 nitrogen and oxygen atoms in total. The van der Waals surface area contributed by atoms with E-state index in [1.807, 2.05) is 18.2 Å². The van der Waals surface area contributed by atoms with E-state index in [0.717, 1.165) is 96.5 Å². The van der Waals surface area contributed by atoms with Crippen molar-refractivity contribution in [2.24, 2.45) is 5.92 Å². The molecule has 0 amide bonds. The molecular weight excluding hydrogens is 971 g/mol. The third-order valence-electron chi connectivity index (χ3n) is 16.0. The molecule has 0 radical (unpaired) electrons. The fourth-order valence-corrected chi connectivity index (χ4v) is 12.1. The van der Waals surface area contributed by atoms with Gasteiger partial charge in [-0.05, 0) is 100 Å². The highest BCUT2D eigenvalue weighted by atomic mass is 15.0. The molecule has 10 aromatic carbocycles. The van der Waals surface area contributed by atoms with Gasteiger partial charge in [-0.2, -0.15) is 0 Å². The van der Waals surface area contributed by atoms with Gasteiger partial charge in [-0.3, -0.25) is 0 Å². The van der Waals surface area contributed by atoms with Crippen LogP contribution in [0.3, 0.4) is 0 Å². The minimum absolute atomic E-state index is 0.0673. The lowest BCUT2D eigenvalue weighted by Gasteiger charge is -2.22. The standard InChI is InChI=1S/C75H55N5/c1-3-22-50(4-2)52-37-41-57(42-38-52)73-76-74(58-43-39-53(40-44-58)51-23-9-5-10-24-51)78-75(77-73)59-47-64(55-27-13-7-14-28-55)72(65(48-59)56-29-15-8-16-30-56)80-69-46-45-60(79-67-34-19-17-31-62(67)63-32-18-20-35-68(63)79)49-66(69)71-61(33-21-36-70(71)80)54-25-11-6-12-26-54/h3-21,23-41,43-50,57H,1-2,22,42H2. The lowest BCUT2D eigenvalue weighted by Crippen LogP contribution is -2.10. The van der Waals surface area contributed by atoms with Gasteiger partial charge in [0.25, 0.3) is 0 Å². The van der Waals surface area contributed by atoms with Crippen LogP contribution in [0, 0.1) is 5.92 Å². The molecule has 1 aliphatic rings. The predicted octanol–water partition coefficient (Wildman–Crippen LogP) is 19.4. The van der Waals surface area contributed by atoms with Crippen molar-refractivity contribution in [3.8, 4) is 78.7 Å². The molecular formula is C75H55N5. The molecule has 80 heavy (non-hydrogen) atoms. The molecule has 13 aromatic rings. The van der Waals surface area contributed by atoms with Crippen molar-refractivity contribution in [1.29, 1.82) is 0 Å². The Morgan fingerprint density at radius 3 is 1.52 bits per heavy atom. The Balaban J connectivity index is 1.03. The number of rotatable bonds is 13. The molecule has 0 spiro atoms. The smallest absolute Gasteiger partial charge is 0.163 e. The molecule has 0 aliphatic heterocycles. The Labute approximate surface area is 466 Å². The second-order valence-corrected chi connectivity index (χ2v) is 20.7. The van der Waals surface area contributed by atoms with Crippen LogP contribution in [0.25, 0.3) is 122 Å². The molecule has 0 saturated carbocycles. The number of nitrogens with zero attached hydrogens (tertiary/aromatic N) is 5. The monoisotopic (exact) mass is 1030 g/mol. The number of hydrogen-bond donors (Lipinski definition) is 0. The van der Waals surface area contributed by atoms with Crippen LogP contribution in [0.1, 0.15) is 24.6 Å². The number of benzene rings is 10. The molecule has 0 saturated heterocycles. The van der Waals surface area contributed by atoms with Crippen molar-refractivity contribution in [3.05, 3.63) is 298 Å². The Morgan fingerprint density at radius 1 is 0.438 bits per heavy atom. The van der Waals surface area contributed by atoms with Crippen molar-refractivity contribution in [2.75, 3.05) is 0 Å². The first-order valence-corrected chi connectivity index (χ1v) is 27.5. The van der Waals surface area contributed by atoms with Crippen LogP contribution >= 0.6 is 0 Å². The first-order chi connectivity index (χ1) is 39.6. The number of hydrogen-bond acceptors (Lipinski definition) is 3. The van der Waals surface area contributed by atoms with E-state index < -0.39 is 0 Å². The number of para-hydroxylation sites is 2. The van der Waals surface area contributed by atoms with Gasteiger partial charge in [-0.25, -0.2) is 15.0 Å². The lowest BCUT2D eigenvalue weighted by molar-refractivity contribution is 0.726. The summed E-state index contributed by atoms with van der Waals surface area (Å²) in [6, 6.07) is 87.4. The van der Waals surface area contributed by atoms with Crippen LogP contribution in [0.4, 0.5) is 0 Å². The summed E-state index contributed by atoms with van der Waals surface area (Å²) in [5, 5.41) is 4.81. The van der Waals surface area contributed by atoms with Crippen LogP contribution in [0.15, 0.2) is 292 Å². The van der Waals surface area contributed by atoms with E-state index in [9.17, 15) is 0 Å².